The zero-order valence-corrected chi connectivity index (χ0v) is 18.0. The Kier molecular flexibility index (Phi) is 5.83. The average molecular weight is 426 g/mol. The SMILES string of the molecule is O=C(c1ccc(Cn2ccnc2)cc1)N1CCC(Cn2ccnc2-c2ccccc2)CC1. The van der Waals surface area contributed by atoms with E-state index in [0.717, 1.165) is 61.5 Å². The third-order valence-corrected chi connectivity index (χ3v) is 6.23. The number of amides is 1. The monoisotopic (exact) mass is 425 g/mol. The van der Waals surface area contributed by atoms with Crippen LogP contribution < -0.4 is 0 Å². The van der Waals surface area contributed by atoms with Crippen molar-refractivity contribution in [3.05, 3.63) is 96.8 Å². The molecule has 1 aliphatic heterocycles. The first-order chi connectivity index (χ1) is 15.8. The first kappa shape index (κ1) is 20.2. The summed E-state index contributed by atoms with van der Waals surface area (Å²) in [4.78, 5) is 23.6. The molecule has 1 saturated heterocycles. The molecule has 32 heavy (non-hydrogen) atoms. The van der Waals surface area contributed by atoms with Crippen molar-refractivity contribution in [2.75, 3.05) is 13.1 Å². The standard InChI is InChI=1S/C26H27N5O/c32-26(24-8-6-21(7-9-24)18-29-16-12-27-20-29)30-14-10-22(11-15-30)19-31-17-13-28-25(31)23-4-2-1-3-5-23/h1-9,12-13,16-17,20,22H,10-11,14-15,18-19H2. The molecule has 0 atom stereocenters. The summed E-state index contributed by atoms with van der Waals surface area (Å²) < 4.78 is 4.27. The van der Waals surface area contributed by atoms with Gasteiger partial charge in [0, 0.05) is 62.1 Å². The topological polar surface area (TPSA) is 56.0 Å². The van der Waals surface area contributed by atoms with Gasteiger partial charge in [0.2, 0.25) is 0 Å². The second-order valence-corrected chi connectivity index (χ2v) is 8.44. The molecule has 1 fully saturated rings. The van der Waals surface area contributed by atoms with E-state index in [4.69, 9.17) is 0 Å². The van der Waals surface area contributed by atoms with E-state index >= 15 is 0 Å². The van der Waals surface area contributed by atoms with Crippen LogP contribution in [0.15, 0.2) is 85.7 Å². The molecule has 2 aromatic carbocycles. The van der Waals surface area contributed by atoms with E-state index < -0.39 is 0 Å². The third-order valence-electron chi connectivity index (χ3n) is 6.23. The Hall–Kier alpha value is -3.67. The number of piperidine rings is 1. The summed E-state index contributed by atoms with van der Waals surface area (Å²) >= 11 is 0. The predicted molar refractivity (Wildman–Crippen MR) is 124 cm³/mol. The summed E-state index contributed by atoms with van der Waals surface area (Å²) in [6.45, 7) is 3.31. The van der Waals surface area contributed by atoms with Crippen molar-refractivity contribution in [3.8, 4) is 11.4 Å². The van der Waals surface area contributed by atoms with E-state index in [1.165, 1.54) is 0 Å². The van der Waals surface area contributed by atoms with Crippen LogP contribution in [0.2, 0.25) is 0 Å². The van der Waals surface area contributed by atoms with Gasteiger partial charge in [-0.25, -0.2) is 9.97 Å². The lowest BCUT2D eigenvalue weighted by molar-refractivity contribution is 0.0683. The molecule has 162 valence electrons. The van der Waals surface area contributed by atoms with E-state index in [0.29, 0.717) is 5.92 Å². The largest absolute Gasteiger partial charge is 0.339 e. The molecule has 0 saturated carbocycles. The molecule has 6 heteroatoms. The Balaban J connectivity index is 1.17. The zero-order chi connectivity index (χ0) is 21.8. The van der Waals surface area contributed by atoms with Crippen LogP contribution in [0.25, 0.3) is 11.4 Å². The van der Waals surface area contributed by atoms with Crippen molar-refractivity contribution in [2.24, 2.45) is 5.92 Å². The molecule has 0 N–H and O–H groups in total. The summed E-state index contributed by atoms with van der Waals surface area (Å²) in [7, 11) is 0. The molecule has 0 spiro atoms. The minimum atomic E-state index is 0.130. The highest BCUT2D eigenvalue weighted by Crippen LogP contribution is 2.24. The maximum absolute atomic E-state index is 13.0. The fourth-order valence-corrected chi connectivity index (χ4v) is 4.43. The average Bonchev–Trinajstić information content (AvgIpc) is 3.52. The lowest BCUT2D eigenvalue weighted by atomic mass is 9.96. The van der Waals surface area contributed by atoms with E-state index in [1.807, 2.05) is 64.3 Å². The molecule has 2 aromatic heterocycles. The van der Waals surface area contributed by atoms with E-state index in [1.54, 1.807) is 12.5 Å². The van der Waals surface area contributed by atoms with E-state index in [9.17, 15) is 4.79 Å². The Labute approximate surface area is 188 Å². The number of hydrogen-bond donors (Lipinski definition) is 0. The van der Waals surface area contributed by atoms with Gasteiger partial charge in [-0.05, 0) is 36.5 Å². The van der Waals surface area contributed by atoms with Gasteiger partial charge < -0.3 is 14.0 Å². The van der Waals surface area contributed by atoms with Gasteiger partial charge in [-0.15, -0.1) is 0 Å². The Morgan fingerprint density at radius 2 is 1.72 bits per heavy atom. The zero-order valence-electron chi connectivity index (χ0n) is 18.0. The van der Waals surface area contributed by atoms with Gasteiger partial charge in [0.1, 0.15) is 5.82 Å². The summed E-state index contributed by atoms with van der Waals surface area (Å²) in [5, 5.41) is 0. The van der Waals surface area contributed by atoms with E-state index in [-0.39, 0.29) is 5.91 Å². The number of rotatable bonds is 6. The fourth-order valence-electron chi connectivity index (χ4n) is 4.43. The lowest BCUT2D eigenvalue weighted by Gasteiger charge is -2.32. The van der Waals surface area contributed by atoms with Crippen LogP contribution in [0.1, 0.15) is 28.8 Å². The molecule has 5 rings (SSSR count). The molecule has 1 aliphatic rings. The quantitative estimate of drug-likeness (QED) is 0.462. The number of hydrogen-bond acceptors (Lipinski definition) is 3. The first-order valence-corrected chi connectivity index (χ1v) is 11.2. The summed E-state index contributed by atoms with van der Waals surface area (Å²) in [6.07, 6.45) is 11.5. The maximum atomic E-state index is 13.0. The summed E-state index contributed by atoms with van der Waals surface area (Å²) in [6, 6.07) is 18.3. The predicted octanol–water partition coefficient (Wildman–Crippen LogP) is 4.35. The molecule has 4 aromatic rings. The molecule has 1 amide bonds. The number of carbonyl (C=O) groups is 1. The Morgan fingerprint density at radius 3 is 2.44 bits per heavy atom. The summed E-state index contributed by atoms with van der Waals surface area (Å²) in [5.74, 6) is 1.69. The first-order valence-electron chi connectivity index (χ1n) is 11.2. The molecule has 6 nitrogen and oxygen atoms in total. The molecule has 0 bridgehead atoms. The van der Waals surface area contributed by atoms with Crippen LogP contribution >= 0.6 is 0 Å². The molecular formula is C26H27N5O. The number of likely N-dealkylation sites (tertiary alicyclic amines) is 1. The highest BCUT2D eigenvalue weighted by Gasteiger charge is 2.24. The van der Waals surface area contributed by atoms with Crippen molar-refractivity contribution < 1.29 is 4.79 Å². The second-order valence-electron chi connectivity index (χ2n) is 8.44. The number of carbonyl (C=O) groups excluding carboxylic acids is 1. The number of aromatic nitrogens is 4. The van der Waals surface area contributed by atoms with Crippen molar-refractivity contribution in [1.29, 1.82) is 0 Å². The Morgan fingerprint density at radius 1 is 0.938 bits per heavy atom. The van der Waals surface area contributed by atoms with Gasteiger partial charge in [-0.1, -0.05) is 42.5 Å². The van der Waals surface area contributed by atoms with Gasteiger partial charge in [-0.3, -0.25) is 4.79 Å². The molecule has 0 aliphatic carbocycles. The molecule has 0 radical (unpaired) electrons. The third kappa shape index (κ3) is 4.49. The fraction of sp³-hybridized carbons (Fsp3) is 0.269. The van der Waals surface area contributed by atoms with Crippen LogP contribution in [-0.4, -0.2) is 43.0 Å². The van der Waals surface area contributed by atoms with Gasteiger partial charge in [0.15, 0.2) is 0 Å². The number of imidazole rings is 2. The van der Waals surface area contributed by atoms with Crippen LogP contribution in [0.4, 0.5) is 0 Å². The van der Waals surface area contributed by atoms with Gasteiger partial charge >= 0.3 is 0 Å². The molecule has 3 heterocycles. The minimum Gasteiger partial charge on any atom is -0.339 e. The van der Waals surface area contributed by atoms with Crippen molar-refractivity contribution in [1.82, 2.24) is 24.0 Å². The van der Waals surface area contributed by atoms with Crippen LogP contribution in [-0.2, 0) is 13.1 Å². The molecule has 0 unspecified atom stereocenters. The van der Waals surface area contributed by atoms with Crippen molar-refractivity contribution >= 4 is 5.91 Å². The van der Waals surface area contributed by atoms with Crippen LogP contribution in [0.5, 0.6) is 0 Å². The minimum absolute atomic E-state index is 0.130. The second kappa shape index (κ2) is 9.22. The molecular weight excluding hydrogens is 398 g/mol. The van der Waals surface area contributed by atoms with Crippen LogP contribution in [0, 0.1) is 5.92 Å². The smallest absolute Gasteiger partial charge is 0.253 e. The summed E-state index contributed by atoms with van der Waals surface area (Å²) in [5.41, 5.74) is 3.06. The maximum Gasteiger partial charge on any atom is 0.253 e. The van der Waals surface area contributed by atoms with Gasteiger partial charge in [0.05, 0.1) is 6.33 Å². The van der Waals surface area contributed by atoms with Gasteiger partial charge in [0.25, 0.3) is 5.91 Å². The van der Waals surface area contributed by atoms with Crippen molar-refractivity contribution in [2.45, 2.75) is 25.9 Å². The highest BCUT2D eigenvalue weighted by molar-refractivity contribution is 5.94. The normalized spacial score (nSPS) is 14.6. The van der Waals surface area contributed by atoms with E-state index in [2.05, 4.69) is 32.9 Å². The lowest BCUT2D eigenvalue weighted by Crippen LogP contribution is -2.39. The number of benzene rings is 2. The van der Waals surface area contributed by atoms with Crippen LogP contribution in [0.3, 0.4) is 0 Å². The number of nitrogens with zero attached hydrogens (tertiary/aromatic N) is 5. The van der Waals surface area contributed by atoms with Gasteiger partial charge in [-0.2, -0.15) is 0 Å². The Bertz CT molecular complexity index is 1140. The highest BCUT2D eigenvalue weighted by atomic mass is 16.2. The van der Waals surface area contributed by atoms with Crippen molar-refractivity contribution in [3.63, 3.8) is 0 Å².